The standard InChI is InChI=1S/C17H21N3O2S/c1-2-20-9-4-6-14(12-20)19-16(21)13-5-3-7-15(11-13)22-17-18-8-10-23-17/h3,5,7-8,10-11,14H,2,4,6,9,12H2,1H3,(H,19,21)/t14-/m0/s1. The number of hydrogen-bond acceptors (Lipinski definition) is 5. The molecule has 0 unspecified atom stereocenters. The number of rotatable bonds is 5. The molecule has 3 rings (SSSR count). The van der Waals surface area contributed by atoms with Crippen molar-refractivity contribution in [3.8, 4) is 10.9 Å². The maximum Gasteiger partial charge on any atom is 0.278 e. The van der Waals surface area contributed by atoms with Crippen LogP contribution >= 0.6 is 11.3 Å². The van der Waals surface area contributed by atoms with Crippen molar-refractivity contribution in [1.82, 2.24) is 15.2 Å². The second kappa shape index (κ2) is 7.57. The third-order valence-electron chi connectivity index (χ3n) is 4.00. The number of amides is 1. The van der Waals surface area contributed by atoms with Crippen LogP contribution in [-0.4, -0.2) is 41.5 Å². The van der Waals surface area contributed by atoms with Gasteiger partial charge in [0.25, 0.3) is 11.1 Å². The van der Waals surface area contributed by atoms with Gasteiger partial charge in [0.2, 0.25) is 0 Å². The van der Waals surface area contributed by atoms with Crippen LogP contribution in [0.3, 0.4) is 0 Å². The van der Waals surface area contributed by atoms with Crippen molar-refractivity contribution < 1.29 is 9.53 Å². The average molecular weight is 331 g/mol. The molecule has 122 valence electrons. The molecule has 0 bridgehead atoms. The van der Waals surface area contributed by atoms with Gasteiger partial charge in [-0.25, -0.2) is 4.98 Å². The van der Waals surface area contributed by atoms with Crippen molar-refractivity contribution in [2.45, 2.75) is 25.8 Å². The number of carbonyl (C=O) groups is 1. The minimum Gasteiger partial charge on any atom is -0.431 e. The molecule has 1 amide bonds. The molecule has 1 aromatic carbocycles. The lowest BCUT2D eigenvalue weighted by molar-refractivity contribution is 0.0905. The van der Waals surface area contributed by atoms with E-state index in [1.165, 1.54) is 11.3 Å². The first kappa shape index (κ1) is 16.0. The molecule has 0 saturated carbocycles. The molecule has 1 atom stereocenters. The van der Waals surface area contributed by atoms with Crippen molar-refractivity contribution in [2.75, 3.05) is 19.6 Å². The molecule has 1 saturated heterocycles. The first-order valence-electron chi connectivity index (χ1n) is 7.95. The zero-order valence-corrected chi connectivity index (χ0v) is 14.0. The van der Waals surface area contributed by atoms with Crippen molar-refractivity contribution in [2.24, 2.45) is 0 Å². The van der Waals surface area contributed by atoms with Gasteiger partial charge in [0.05, 0.1) is 0 Å². The maximum atomic E-state index is 12.5. The maximum absolute atomic E-state index is 12.5. The Morgan fingerprint density at radius 2 is 2.43 bits per heavy atom. The summed E-state index contributed by atoms with van der Waals surface area (Å²) in [4.78, 5) is 18.9. The van der Waals surface area contributed by atoms with Crippen molar-refractivity contribution in [1.29, 1.82) is 0 Å². The second-order valence-electron chi connectivity index (χ2n) is 5.63. The highest BCUT2D eigenvalue weighted by Crippen LogP contribution is 2.24. The number of aromatic nitrogens is 1. The molecular weight excluding hydrogens is 310 g/mol. The van der Waals surface area contributed by atoms with Gasteiger partial charge in [-0.05, 0) is 44.1 Å². The SMILES string of the molecule is CCN1CCC[C@H](NC(=O)c2cccc(Oc3nccs3)c2)C1. The number of ether oxygens (including phenoxy) is 1. The minimum atomic E-state index is -0.0439. The van der Waals surface area contributed by atoms with Crippen LogP contribution in [0.2, 0.25) is 0 Å². The van der Waals surface area contributed by atoms with Gasteiger partial charge >= 0.3 is 0 Å². The van der Waals surface area contributed by atoms with Crippen molar-refractivity contribution in [3.63, 3.8) is 0 Å². The summed E-state index contributed by atoms with van der Waals surface area (Å²) in [5.41, 5.74) is 0.618. The Bertz CT molecular complexity index is 645. The Hall–Kier alpha value is -1.92. The fraction of sp³-hybridized carbons (Fsp3) is 0.412. The first-order valence-corrected chi connectivity index (χ1v) is 8.83. The van der Waals surface area contributed by atoms with E-state index in [4.69, 9.17) is 4.74 Å². The van der Waals surface area contributed by atoms with Crippen molar-refractivity contribution in [3.05, 3.63) is 41.4 Å². The number of carbonyl (C=O) groups excluding carboxylic acids is 1. The molecule has 5 nitrogen and oxygen atoms in total. The summed E-state index contributed by atoms with van der Waals surface area (Å²) in [6, 6.07) is 7.45. The average Bonchev–Trinajstić information content (AvgIpc) is 3.08. The fourth-order valence-corrected chi connectivity index (χ4v) is 3.30. The Morgan fingerprint density at radius 3 is 3.22 bits per heavy atom. The normalized spacial score (nSPS) is 18.6. The number of likely N-dealkylation sites (tertiary alicyclic amines) is 1. The largest absolute Gasteiger partial charge is 0.431 e. The number of nitrogens with zero attached hydrogens (tertiary/aromatic N) is 2. The Labute approximate surface area is 140 Å². The summed E-state index contributed by atoms with van der Waals surface area (Å²) in [5, 5.41) is 5.57. The molecule has 1 aliphatic heterocycles. The number of likely N-dealkylation sites (N-methyl/N-ethyl adjacent to an activating group) is 1. The van der Waals surface area contributed by atoms with Crippen LogP contribution in [0.4, 0.5) is 0 Å². The molecule has 0 aliphatic carbocycles. The highest BCUT2D eigenvalue weighted by Gasteiger charge is 2.21. The van der Waals surface area contributed by atoms with E-state index in [-0.39, 0.29) is 11.9 Å². The van der Waals surface area contributed by atoms with Crippen LogP contribution in [0.15, 0.2) is 35.8 Å². The van der Waals surface area contributed by atoms with E-state index in [9.17, 15) is 4.79 Å². The quantitative estimate of drug-likeness (QED) is 0.914. The summed E-state index contributed by atoms with van der Waals surface area (Å²) >= 11 is 1.42. The monoisotopic (exact) mass is 331 g/mol. The van der Waals surface area contributed by atoms with Crippen LogP contribution in [0.5, 0.6) is 10.9 Å². The van der Waals surface area contributed by atoms with Gasteiger partial charge in [0.1, 0.15) is 5.75 Å². The molecular formula is C17H21N3O2S. The van der Waals surface area contributed by atoms with E-state index < -0.39 is 0 Å². The predicted octanol–water partition coefficient (Wildman–Crippen LogP) is 3.15. The van der Waals surface area contributed by atoms with E-state index in [0.717, 1.165) is 32.5 Å². The Morgan fingerprint density at radius 1 is 1.52 bits per heavy atom. The van der Waals surface area contributed by atoms with Gasteiger partial charge in [-0.3, -0.25) is 4.79 Å². The number of benzene rings is 1. The molecule has 2 heterocycles. The van der Waals surface area contributed by atoms with E-state index in [1.807, 2.05) is 23.6 Å². The van der Waals surface area contributed by atoms with E-state index in [2.05, 4.69) is 22.1 Å². The van der Waals surface area contributed by atoms with Crippen LogP contribution in [-0.2, 0) is 0 Å². The number of thiazole rings is 1. The number of hydrogen-bond donors (Lipinski definition) is 1. The van der Waals surface area contributed by atoms with Gasteiger partial charge in [0, 0.05) is 29.7 Å². The van der Waals surface area contributed by atoms with Crippen molar-refractivity contribution >= 4 is 17.2 Å². The lowest BCUT2D eigenvalue weighted by Gasteiger charge is -2.32. The first-order chi connectivity index (χ1) is 11.2. The Kier molecular flexibility index (Phi) is 5.25. The third-order valence-corrected chi connectivity index (χ3v) is 4.65. The Balaban J connectivity index is 1.63. The van der Waals surface area contributed by atoms with E-state index in [0.29, 0.717) is 16.5 Å². The summed E-state index contributed by atoms with van der Waals surface area (Å²) in [7, 11) is 0. The summed E-state index contributed by atoms with van der Waals surface area (Å²) in [6.45, 7) is 5.24. The summed E-state index contributed by atoms with van der Waals surface area (Å²) in [6.07, 6.45) is 3.86. The third kappa shape index (κ3) is 4.30. The molecule has 1 N–H and O–H groups in total. The molecule has 23 heavy (non-hydrogen) atoms. The second-order valence-corrected chi connectivity index (χ2v) is 6.49. The van der Waals surface area contributed by atoms with Gasteiger partial charge in [-0.15, -0.1) is 0 Å². The molecule has 2 aromatic rings. The van der Waals surface area contributed by atoms with Crippen LogP contribution in [0.25, 0.3) is 0 Å². The smallest absolute Gasteiger partial charge is 0.278 e. The lowest BCUT2D eigenvalue weighted by Crippen LogP contribution is -2.47. The van der Waals surface area contributed by atoms with E-state index >= 15 is 0 Å². The lowest BCUT2D eigenvalue weighted by atomic mass is 10.1. The summed E-state index contributed by atoms with van der Waals surface area (Å²) in [5.74, 6) is 0.587. The summed E-state index contributed by atoms with van der Waals surface area (Å²) < 4.78 is 5.65. The molecule has 1 aliphatic rings. The molecule has 1 aromatic heterocycles. The minimum absolute atomic E-state index is 0.0439. The van der Waals surface area contributed by atoms with Gasteiger partial charge in [0.15, 0.2) is 0 Å². The van der Waals surface area contributed by atoms with Crippen LogP contribution in [0, 0.1) is 0 Å². The van der Waals surface area contributed by atoms with E-state index in [1.54, 1.807) is 12.3 Å². The molecule has 0 radical (unpaired) electrons. The zero-order valence-electron chi connectivity index (χ0n) is 13.2. The van der Waals surface area contributed by atoms with Crippen LogP contribution in [0.1, 0.15) is 30.1 Å². The number of piperidine rings is 1. The fourth-order valence-electron chi connectivity index (χ4n) is 2.79. The topological polar surface area (TPSA) is 54.5 Å². The zero-order chi connectivity index (χ0) is 16.1. The van der Waals surface area contributed by atoms with Gasteiger partial charge < -0.3 is 15.0 Å². The predicted molar refractivity (Wildman–Crippen MR) is 91.2 cm³/mol. The van der Waals surface area contributed by atoms with Gasteiger partial charge in [-0.1, -0.05) is 24.3 Å². The number of nitrogens with one attached hydrogen (secondary N) is 1. The molecule has 0 spiro atoms. The highest BCUT2D eigenvalue weighted by molar-refractivity contribution is 7.11. The molecule has 6 heteroatoms. The van der Waals surface area contributed by atoms with Gasteiger partial charge in [-0.2, -0.15) is 0 Å². The molecule has 1 fully saturated rings. The highest BCUT2D eigenvalue weighted by atomic mass is 32.1. The van der Waals surface area contributed by atoms with Crippen LogP contribution < -0.4 is 10.1 Å².